The number of aliphatic carboxylic acids is 2. The SMILES string of the molecule is CC1=C(C(=O)O)C(c2c(Cl)cccc2Cl)C(C(=O)O)=C(C)N1C. The number of carbonyl (C=O) groups is 2. The van der Waals surface area contributed by atoms with Crippen molar-refractivity contribution in [2.75, 3.05) is 7.05 Å². The minimum Gasteiger partial charge on any atom is -0.478 e. The van der Waals surface area contributed by atoms with Crippen molar-refractivity contribution in [1.29, 1.82) is 0 Å². The number of hydrogen-bond acceptors (Lipinski definition) is 3. The molecule has 0 atom stereocenters. The molecule has 1 aliphatic heterocycles. The summed E-state index contributed by atoms with van der Waals surface area (Å²) in [5.41, 5.74) is 1.08. The standard InChI is InChI=1S/C16H15Cl2NO4/c1-7-11(15(20)21)14(12(16(22)23)8(2)19(7)3)13-9(17)5-4-6-10(13)18/h4-6,14H,1-3H3,(H,20,21)(H,22,23). The van der Waals surface area contributed by atoms with E-state index in [1.165, 1.54) is 0 Å². The summed E-state index contributed by atoms with van der Waals surface area (Å²) in [6.45, 7) is 3.26. The maximum Gasteiger partial charge on any atom is 0.334 e. The fourth-order valence-corrected chi connectivity index (χ4v) is 3.42. The van der Waals surface area contributed by atoms with Crippen LogP contribution in [-0.2, 0) is 9.59 Å². The summed E-state index contributed by atoms with van der Waals surface area (Å²) in [5, 5.41) is 19.7. The topological polar surface area (TPSA) is 77.8 Å². The molecule has 122 valence electrons. The quantitative estimate of drug-likeness (QED) is 0.863. The molecule has 5 nitrogen and oxygen atoms in total. The first-order valence-corrected chi connectivity index (χ1v) is 7.49. The van der Waals surface area contributed by atoms with Gasteiger partial charge in [0.2, 0.25) is 0 Å². The molecule has 0 aliphatic carbocycles. The highest BCUT2D eigenvalue weighted by atomic mass is 35.5. The molecular weight excluding hydrogens is 341 g/mol. The van der Waals surface area contributed by atoms with Gasteiger partial charge in [-0.3, -0.25) is 0 Å². The molecule has 0 unspecified atom stereocenters. The van der Waals surface area contributed by atoms with Crippen molar-refractivity contribution < 1.29 is 19.8 Å². The molecule has 0 fully saturated rings. The Morgan fingerprint density at radius 3 is 1.74 bits per heavy atom. The summed E-state index contributed by atoms with van der Waals surface area (Å²) in [6, 6.07) is 4.74. The van der Waals surface area contributed by atoms with Gasteiger partial charge in [0, 0.05) is 34.1 Å². The number of carboxylic acids is 2. The third-order valence-electron chi connectivity index (χ3n) is 4.11. The molecule has 1 aromatic carbocycles. The van der Waals surface area contributed by atoms with Gasteiger partial charge < -0.3 is 15.1 Å². The average molecular weight is 356 g/mol. The Kier molecular flexibility index (Phi) is 4.73. The van der Waals surface area contributed by atoms with Crippen molar-refractivity contribution in [2.45, 2.75) is 19.8 Å². The molecule has 0 bridgehead atoms. The average Bonchev–Trinajstić information content (AvgIpc) is 2.44. The molecule has 1 aromatic rings. The van der Waals surface area contributed by atoms with Crippen LogP contribution in [0.3, 0.4) is 0 Å². The van der Waals surface area contributed by atoms with E-state index >= 15 is 0 Å². The Hall–Kier alpha value is -1.98. The van der Waals surface area contributed by atoms with Crippen LogP contribution in [0.25, 0.3) is 0 Å². The minimum absolute atomic E-state index is 0.0505. The van der Waals surface area contributed by atoms with Crippen LogP contribution in [0.2, 0.25) is 10.0 Å². The summed E-state index contributed by atoms with van der Waals surface area (Å²) in [6.07, 6.45) is 0. The molecular formula is C16H15Cl2NO4. The first-order valence-electron chi connectivity index (χ1n) is 6.74. The van der Waals surface area contributed by atoms with Crippen LogP contribution in [0, 0.1) is 0 Å². The number of hydrogen-bond donors (Lipinski definition) is 2. The summed E-state index contributed by atoms with van der Waals surface area (Å²) in [5.74, 6) is -3.45. The highest BCUT2D eigenvalue weighted by Gasteiger charge is 2.40. The zero-order valence-electron chi connectivity index (χ0n) is 12.7. The number of halogens is 2. The number of nitrogens with zero attached hydrogens (tertiary/aromatic N) is 1. The van der Waals surface area contributed by atoms with E-state index in [-0.39, 0.29) is 26.8 Å². The second-order valence-electron chi connectivity index (χ2n) is 5.24. The summed E-state index contributed by atoms with van der Waals surface area (Å²) < 4.78 is 0. The molecule has 0 radical (unpaired) electrons. The molecule has 1 heterocycles. The number of carboxylic acid groups (broad SMARTS) is 2. The number of benzene rings is 1. The molecule has 1 aliphatic rings. The third kappa shape index (κ3) is 2.82. The van der Waals surface area contributed by atoms with E-state index in [4.69, 9.17) is 23.2 Å². The third-order valence-corrected chi connectivity index (χ3v) is 4.77. The predicted molar refractivity (Wildman–Crippen MR) is 87.6 cm³/mol. The van der Waals surface area contributed by atoms with E-state index in [1.807, 2.05) is 0 Å². The zero-order chi connectivity index (χ0) is 17.5. The van der Waals surface area contributed by atoms with Gasteiger partial charge in [0.05, 0.1) is 17.1 Å². The van der Waals surface area contributed by atoms with E-state index in [0.29, 0.717) is 11.4 Å². The van der Waals surface area contributed by atoms with Gasteiger partial charge in [0.1, 0.15) is 0 Å². The zero-order valence-corrected chi connectivity index (χ0v) is 14.2. The van der Waals surface area contributed by atoms with Crippen molar-refractivity contribution in [3.8, 4) is 0 Å². The fourth-order valence-electron chi connectivity index (χ4n) is 2.81. The summed E-state index contributed by atoms with van der Waals surface area (Å²) in [4.78, 5) is 25.2. The largest absolute Gasteiger partial charge is 0.478 e. The van der Waals surface area contributed by atoms with Crippen molar-refractivity contribution in [1.82, 2.24) is 4.90 Å². The Labute approximate surface area is 143 Å². The minimum atomic E-state index is -1.21. The number of allylic oxidation sites excluding steroid dienone is 2. The summed E-state index contributed by atoms with van der Waals surface area (Å²) in [7, 11) is 1.63. The predicted octanol–water partition coefficient (Wildman–Crippen LogP) is 3.74. The highest BCUT2D eigenvalue weighted by Crippen LogP contribution is 2.45. The van der Waals surface area contributed by atoms with Crippen molar-refractivity contribution in [3.63, 3.8) is 0 Å². The van der Waals surface area contributed by atoms with Crippen LogP contribution in [-0.4, -0.2) is 34.1 Å². The Morgan fingerprint density at radius 1 is 1.00 bits per heavy atom. The maximum atomic E-state index is 11.8. The molecule has 7 heteroatoms. The highest BCUT2D eigenvalue weighted by molar-refractivity contribution is 6.36. The van der Waals surface area contributed by atoms with E-state index in [2.05, 4.69) is 0 Å². The van der Waals surface area contributed by atoms with E-state index in [9.17, 15) is 19.8 Å². The van der Waals surface area contributed by atoms with Gasteiger partial charge in [-0.15, -0.1) is 0 Å². The molecule has 0 aromatic heterocycles. The summed E-state index contributed by atoms with van der Waals surface area (Å²) >= 11 is 12.4. The Bertz CT molecular complexity index is 709. The lowest BCUT2D eigenvalue weighted by molar-refractivity contribution is -0.133. The molecule has 23 heavy (non-hydrogen) atoms. The van der Waals surface area contributed by atoms with Gasteiger partial charge in [-0.1, -0.05) is 29.3 Å². The van der Waals surface area contributed by atoms with E-state index in [0.717, 1.165) is 0 Å². The molecule has 2 N–H and O–H groups in total. The molecule has 0 spiro atoms. The van der Waals surface area contributed by atoms with Crippen LogP contribution in [0.15, 0.2) is 40.7 Å². The lowest BCUT2D eigenvalue weighted by Gasteiger charge is -2.35. The van der Waals surface area contributed by atoms with Crippen LogP contribution in [0.5, 0.6) is 0 Å². The van der Waals surface area contributed by atoms with Crippen LogP contribution in [0.1, 0.15) is 25.3 Å². The van der Waals surface area contributed by atoms with E-state index < -0.39 is 17.9 Å². The first kappa shape index (κ1) is 17.4. The normalized spacial score (nSPS) is 16.1. The lowest BCUT2D eigenvalue weighted by Crippen LogP contribution is -2.32. The van der Waals surface area contributed by atoms with Gasteiger partial charge in [-0.2, -0.15) is 0 Å². The van der Waals surface area contributed by atoms with Crippen molar-refractivity contribution in [3.05, 3.63) is 56.3 Å². The second-order valence-corrected chi connectivity index (χ2v) is 6.05. The van der Waals surface area contributed by atoms with Crippen LogP contribution >= 0.6 is 23.2 Å². The number of rotatable bonds is 3. The molecule has 0 saturated carbocycles. The molecule has 2 rings (SSSR count). The van der Waals surface area contributed by atoms with Crippen LogP contribution in [0.4, 0.5) is 0 Å². The van der Waals surface area contributed by atoms with Gasteiger partial charge in [0.15, 0.2) is 0 Å². The molecule has 0 saturated heterocycles. The first-order chi connectivity index (χ1) is 10.7. The smallest absolute Gasteiger partial charge is 0.334 e. The van der Waals surface area contributed by atoms with Crippen molar-refractivity contribution in [2.24, 2.45) is 0 Å². The van der Waals surface area contributed by atoms with Gasteiger partial charge in [0.25, 0.3) is 0 Å². The van der Waals surface area contributed by atoms with Gasteiger partial charge >= 0.3 is 11.9 Å². The maximum absolute atomic E-state index is 11.8. The Balaban J connectivity index is 2.87. The second kappa shape index (κ2) is 6.26. The molecule has 0 amide bonds. The van der Waals surface area contributed by atoms with E-state index in [1.54, 1.807) is 44.0 Å². The Morgan fingerprint density at radius 2 is 1.39 bits per heavy atom. The van der Waals surface area contributed by atoms with Crippen molar-refractivity contribution >= 4 is 35.1 Å². The van der Waals surface area contributed by atoms with Gasteiger partial charge in [-0.25, -0.2) is 9.59 Å². The van der Waals surface area contributed by atoms with Gasteiger partial charge in [-0.05, 0) is 26.0 Å². The lowest BCUT2D eigenvalue weighted by atomic mass is 9.80. The van der Waals surface area contributed by atoms with Crippen LogP contribution < -0.4 is 0 Å². The fraction of sp³-hybridized carbons (Fsp3) is 0.250. The monoisotopic (exact) mass is 355 g/mol.